The fourth-order valence-corrected chi connectivity index (χ4v) is 2.24. The number of aromatic nitrogens is 3. The molecule has 5 heteroatoms. The molecule has 3 heterocycles. The first-order chi connectivity index (χ1) is 8.34. The Balaban J connectivity index is 1.96. The van der Waals surface area contributed by atoms with Crippen LogP contribution in [0.1, 0.15) is 5.56 Å². The van der Waals surface area contributed by atoms with Gasteiger partial charge in [-0.3, -0.25) is 0 Å². The van der Waals surface area contributed by atoms with Gasteiger partial charge in [-0.25, -0.2) is 9.97 Å². The maximum absolute atomic E-state index is 4.24. The minimum absolute atomic E-state index is 0.819. The fourth-order valence-electron chi connectivity index (χ4n) is 1.69. The summed E-state index contributed by atoms with van der Waals surface area (Å²) in [5.74, 6) is 0. The Bertz CT molecular complexity index is 654. The Kier molecular flexibility index (Phi) is 2.38. The van der Waals surface area contributed by atoms with Crippen molar-refractivity contribution in [2.75, 3.05) is 5.32 Å². The van der Waals surface area contributed by atoms with E-state index < -0.39 is 0 Å². The molecule has 0 aliphatic carbocycles. The van der Waals surface area contributed by atoms with Crippen LogP contribution in [-0.2, 0) is 0 Å². The second-order valence-electron chi connectivity index (χ2n) is 3.54. The Morgan fingerprint density at radius 3 is 3.12 bits per heavy atom. The molecule has 4 nitrogen and oxygen atoms in total. The van der Waals surface area contributed by atoms with E-state index in [0.717, 1.165) is 27.4 Å². The molecule has 0 radical (unpaired) electrons. The number of thiazole rings is 1. The molecule has 0 aliphatic rings. The summed E-state index contributed by atoms with van der Waals surface area (Å²) in [6.45, 7) is 4.03. The monoisotopic (exact) mass is 242 g/mol. The highest BCUT2D eigenvalue weighted by Gasteiger charge is 2.07. The lowest BCUT2D eigenvalue weighted by atomic mass is 10.2. The highest BCUT2D eigenvalue weighted by atomic mass is 32.1. The first kappa shape index (κ1) is 10.0. The van der Waals surface area contributed by atoms with Crippen molar-refractivity contribution in [3.8, 4) is 0 Å². The molecular formula is C12H10N4S. The molecular weight excluding hydrogens is 232 g/mol. The van der Waals surface area contributed by atoms with E-state index in [0.29, 0.717) is 0 Å². The van der Waals surface area contributed by atoms with E-state index in [4.69, 9.17) is 0 Å². The molecule has 3 aromatic rings. The van der Waals surface area contributed by atoms with Gasteiger partial charge in [0.2, 0.25) is 0 Å². The van der Waals surface area contributed by atoms with Crippen LogP contribution in [0.15, 0.2) is 42.7 Å². The summed E-state index contributed by atoms with van der Waals surface area (Å²) in [5.41, 5.74) is 2.70. The van der Waals surface area contributed by atoms with Crippen molar-refractivity contribution < 1.29 is 0 Å². The molecule has 0 unspecified atom stereocenters. The summed E-state index contributed by atoms with van der Waals surface area (Å²) in [7, 11) is 0. The van der Waals surface area contributed by atoms with E-state index in [9.17, 15) is 0 Å². The third-order valence-electron chi connectivity index (χ3n) is 2.47. The molecule has 0 fully saturated rings. The lowest BCUT2D eigenvalue weighted by Gasteiger charge is -2.04. The molecule has 0 aromatic carbocycles. The van der Waals surface area contributed by atoms with Crippen molar-refractivity contribution in [3.05, 3.63) is 48.2 Å². The average Bonchev–Trinajstić information content (AvgIpc) is 2.96. The summed E-state index contributed by atoms with van der Waals surface area (Å²) < 4.78 is 0. The molecule has 17 heavy (non-hydrogen) atoms. The van der Waals surface area contributed by atoms with Crippen LogP contribution >= 0.6 is 11.3 Å². The Hall–Kier alpha value is -2.14. The maximum atomic E-state index is 4.24. The van der Waals surface area contributed by atoms with Crippen LogP contribution in [0.5, 0.6) is 0 Å². The zero-order chi connectivity index (χ0) is 11.7. The van der Waals surface area contributed by atoms with Gasteiger partial charge in [-0.15, -0.1) is 11.3 Å². The van der Waals surface area contributed by atoms with Crippen molar-refractivity contribution in [1.29, 1.82) is 0 Å². The molecule has 0 amide bonds. The van der Waals surface area contributed by atoms with Crippen molar-refractivity contribution in [3.63, 3.8) is 0 Å². The number of nitrogens with one attached hydrogen (secondary N) is 2. The van der Waals surface area contributed by atoms with Crippen molar-refractivity contribution in [1.82, 2.24) is 15.0 Å². The van der Waals surface area contributed by atoms with Crippen LogP contribution in [-0.4, -0.2) is 15.0 Å². The van der Waals surface area contributed by atoms with Crippen LogP contribution in [0.4, 0.5) is 5.13 Å². The van der Waals surface area contributed by atoms with E-state index in [2.05, 4.69) is 26.8 Å². The standard InChI is InChI=1S/C12H10N4S/c1-8(16-12-14-5-6-17-12)10-7-15-11-9(10)3-2-4-13-11/h2-7H,1H2,(H,13,15)(H,14,16). The van der Waals surface area contributed by atoms with Crippen LogP contribution in [0.2, 0.25) is 0 Å². The third-order valence-corrected chi connectivity index (χ3v) is 3.15. The van der Waals surface area contributed by atoms with Crippen LogP contribution in [0.25, 0.3) is 16.7 Å². The molecule has 2 N–H and O–H groups in total. The zero-order valence-electron chi connectivity index (χ0n) is 8.97. The van der Waals surface area contributed by atoms with Gasteiger partial charge in [0.1, 0.15) is 5.65 Å². The Labute approximate surface area is 102 Å². The molecule has 0 aliphatic heterocycles. The molecule has 0 bridgehead atoms. The predicted molar refractivity (Wildman–Crippen MR) is 70.9 cm³/mol. The molecule has 3 aromatic heterocycles. The van der Waals surface area contributed by atoms with E-state index in [1.807, 2.05) is 23.7 Å². The van der Waals surface area contributed by atoms with Crippen LogP contribution < -0.4 is 5.32 Å². The van der Waals surface area contributed by atoms with Gasteiger partial charge in [-0.2, -0.15) is 0 Å². The topological polar surface area (TPSA) is 53.6 Å². The quantitative estimate of drug-likeness (QED) is 0.742. The average molecular weight is 242 g/mol. The second-order valence-corrected chi connectivity index (χ2v) is 4.44. The lowest BCUT2D eigenvalue weighted by molar-refractivity contribution is 1.32. The second kappa shape index (κ2) is 4.03. The SMILES string of the molecule is C=C(Nc1nccs1)c1c[nH]c2ncccc12. The summed E-state index contributed by atoms with van der Waals surface area (Å²) in [6, 6.07) is 3.93. The molecule has 0 atom stereocenters. The van der Waals surface area contributed by atoms with Gasteiger partial charge in [-0.1, -0.05) is 6.58 Å². The minimum atomic E-state index is 0.819. The number of hydrogen-bond donors (Lipinski definition) is 2. The molecule has 0 saturated carbocycles. The van der Waals surface area contributed by atoms with Crippen molar-refractivity contribution in [2.24, 2.45) is 0 Å². The number of hydrogen-bond acceptors (Lipinski definition) is 4. The van der Waals surface area contributed by atoms with E-state index in [-0.39, 0.29) is 0 Å². The van der Waals surface area contributed by atoms with Crippen molar-refractivity contribution >= 4 is 33.2 Å². The number of fused-ring (bicyclic) bond motifs is 1. The van der Waals surface area contributed by atoms with Gasteiger partial charge in [0, 0.05) is 40.6 Å². The first-order valence-corrected chi connectivity index (χ1v) is 6.00. The number of anilines is 1. The number of rotatable bonds is 3. The Morgan fingerprint density at radius 2 is 2.29 bits per heavy atom. The van der Waals surface area contributed by atoms with Gasteiger partial charge in [-0.05, 0) is 12.1 Å². The molecule has 0 saturated heterocycles. The summed E-state index contributed by atoms with van der Waals surface area (Å²) >= 11 is 1.55. The number of nitrogens with zero attached hydrogens (tertiary/aromatic N) is 2. The lowest BCUT2D eigenvalue weighted by Crippen LogP contribution is -1.95. The van der Waals surface area contributed by atoms with E-state index >= 15 is 0 Å². The highest BCUT2D eigenvalue weighted by molar-refractivity contribution is 7.13. The van der Waals surface area contributed by atoms with Gasteiger partial charge >= 0.3 is 0 Å². The van der Waals surface area contributed by atoms with Crippen molar-refractivity contribution in [2.45, 2.75) is 0 Å². The first-order valence-electron chi connectivity index (χ1n) is 5.12. The molecule has 3 rings (SSSR count). The zero-order valence-corrected chi connectivity index (χ0v) is 9.79. The normalized spacial score (nSPS) is 10.6. The van der Waals surface area contributed by atoms with Crippen LogP contribution in [0, 0.1) is 0 Å². The van der Waals surface area contributed by atoms with Crippen LogP contribution in [0.3, 0.4) is 0 Å². The highest BCUT2D eigenvalue weighted by Crippen LogP contribution is 2.24. The minimum Gasteiger partial charge on any atom is -0.345 e. The van der Waals surface area contributed by atoms with E-state index in [1.165, 1.54) is 0 Å². The molecule has 84 valence electrons. The smallest absolute Gasteiger partial charge is 0.187 e. The predicted octanol–water partition coefficient (Wildman–Crippen LogP) is 3.10. The van der Waals surface area contributed by atoms with E-state index in [1.54, 1.807) is 23.7 Å². The summed E-state index contributed by atoms with van der Waals surface area (Å²) in [6.07, 6.45) is 5.43. The van der Waals surface area contributed by atoms with Gasteiger partial charge < -0.3 is 10.3 Å². The number of pyridine rings is 1. The fraction of sp³-hybridized carbons (Fsp3) is 0. The molecule has 0 spiro atoms. The summed E-state index contributed by atoms with van der Waals surface area (Å²) in [4.78, 5) is 11.5. The Morgan fingerprint density at radius 1 is 1.35 bits per heavy atom. The number of H-pyrrole nitrogens is 1. The number of aromatic amines is 1. The van der Waals surface area contributed by atoms with Gasteiger partial charge in [0.25, 0.3) is 0 Å². The van der Waals surface area contributed by atoms with Gasteiger partial charge in [0.05, 0.1) is 0 Å². The third kappa shape index (κ3) is 1.81. The summed E-state index contributed by atoms with van der Waals surface area (Å²) in [5, 5.41) is 7.00. The maximum Gasteiger partial charge on any atom is 0.187 e. The van der Waals surface area contributed by atoms with Gasteiger partial charge in [0.15, 0.2) is 5.13 Å². The largest absolute Gasteiger partial charge is 0.345 e.